The minimum Gasteiger partial charge on any atom is -0.458 e. The van der Waals surface area contributed by atoms with E-state index in [4.69, 9.17) is 20.7 Å². The number of aryl methyl sites for hydroxylation is 1. The number of pyridine rings is 2. The summed E-state index contributed by atoms with van der Waals surface area (Å²) < 4.78 is 27.5. The molecule has 12 heteroatoms. The minimum absolute atomic E-state index is 0.0158. The number of benzene rings is 2. The second-order valence-electron chi connectivity index (χ2n) is 11.9. The lowest BCUT2D eigenvalue weighted by Crippen LogP contribution is -2.44. The molecule has 7 rings (SSSR count). The zero-order chi connectivity index (χ0) is 33.2. The van der Waals surface area contributed by atoms with Crippen molar-refractivity contribution in [1.29, 1.82) is 0 Å². The highest BCUT2D eigenvalue weighted by Gasteiger charge is 2.46. The number of esters is 1. The molecule has 2 aliphatic heterocycles. The number of cyclic esters (lactones) is 1. The summed E-state index contributed by atoms with van der Waals surface area (Å²) in [6.45, 7) is 5.64. The molecule has 240 valence electrons. The second kappa shape index (κ2) is 11.6. The van der Waals surface area contributed by atoms with Crippen LogP contribution < -0.4 is 16.0 Å². The van der Waals surface area contributed by atoms with Gasteiger partial charge < -0.3 is 29.3 Å². The van der Waals surface area contributed by atoms with Gasteiger partial charge in [0.2, 0.25) is 8.30 Å². The van der Waals surface area contributed by atoms with Gasteiger partial charge in [-0.3, -0.25) is 9.59 Å². The van der Waals surface area contributed by atoms with E-state index in [2.05, 4.69) is 16.1 Å². The summed E-state index contributed by atoms with van der Waals surface area (Å²) in [5.41, 5.74) is 5.97. The van der Waals surface area contributed by atoms with E-state index in [9.17, 15) is 19.5 Å². The van der Waals surface area contributed by atoms with Crippen molar-refractivity contribution in [2.75, 3.05) is 11.7 Å². The first-order valence-electron chi connectivity index (χ1n) is 15.5. The number of aromatic nitrogens is 2. The summed E-state index contributed by atoms with van der Waals surface area (Å²) in [5, 5.41) is 18.4. The molecule has 10 nitrogen and oxygen atoms in total. The topological polar surface area (TPSA) is 132 Å². The third-order valence-corrected chi connectivity index (χ3v) is 10.6. The van der Waals surface area contributed by atoms with E-state index in [1.165, 1.54) is 6.07 Å². The normalized spacial score (nSPS) is 19.7. The molecule has 2 aromatic carbocycles. The minimum atomic E-state index is -1.97. The lowest BCUT2D eigenvalue weighted by atomic mass is 9.81. The third-order valence-electron chi connectivity index (χ3n) is 9.44. The van der Waals surface area contributed by atoms with Crippen molar-refractivity contribution in [3.63, 3.8) is 0 Å². The zero-order valence-electron chi connectivity index (χ0n) is 26.1. The van der Waals surface area contributed by atoms with Crippen LogP contribution in [0.5, 0.6) is 0 Å². The number of hydrogen-bond acceptors (Lipinski definition) is 8. The molecular formula is C35H32FN4O6P. The molecule has 0 fully saturated rings. The van der Waals surface area contributed by atoms with E-state index < -0.39 is 31.5 Å². The summed E-state index contributed by atoms with van der Waals surface area (Å²) in [6.07, 6.45) is 6.61. The Labute approximate surface area is 271 Å². The molecule has 1 aliphatic carbocycles. The molecule has 3 atom stereocenters. The Bertz CT molecular complexity index is 2110. The fourth-order valence-electron chi connectivity index (χ4n) is 6.98. The molecule has 0 bridgehead atoms. The predicted molar refractivity (Wildman–Crippen MR) is 175 cm³/mol. The Balaban J connectivity index is 1.31. The number of anilines is 1. The molecule has 2 aromatic heterocycles. The maximum atomic E-state index is 15.2. The largest absolute Gasteiger partial charge is 0.458 e. The molecule has 1 amide bonds. The molecule has 0 spiro atoms. The summed E-state index contributed by atoms with van der Waals surface area (Å²) in [6, 6.07) is 9.50. The van der Waals surface area contributed by atoms with Gasteiger partial charge in [-0.05, 0) is 85.8 Å². The maximum Gasteiger partial charge on any atom is 0.343 e. The van der Waals surface area contributed by atoms with Crippen LogP contribution in [0.1, 0.15) is 76.5 Å². The van der Waals surface area contributed by atoms with E-state index in [1.54, 1.807) is 48.7 Å². The van der Waals surface area contributed by atoms with Gasteiger partial charge in [0, 0.05) is 33.8 Å². The number of carbonyl (C=O) groups is 2. The van der Waals surface area contributed by atoms with Crippen LogP contribution >= 0.6 is 8.30 Å². The van der Waals surface area contributed by atoms with Gasteiger partial charge in [0.25, 0.3) is 11.5 Å². The predicted octanol–water partition coefficient (Wildman–Crippen LogP) is 5.30. The van der Waals surface area contributed by atoms with Crippen molar-refractivity contribution in [3.8, 4) is 23.5 Å². The number of nitrogens with one attached hydrogen (secondary N) is 2. The Morgan fingerprint density at radius 2 is 2.00 bits per heavy atom. The van der Waals surface area contributed by atoms with Crippen LogP contribution in [0, 0.1) is 24.8 Å². The van der Waals surface area contributed by atoms with E-state index in [0.717, 1.165) is 27.8 Å². The first kappa shape index (κ1) is 31.0. The summed E-state index contributed by atoms with van der Waals surface area (Å²) in [4.78, 5) is 45.0. The fraction of sp³-hybridized carbons (Fsp3) is 0.314. The number of rotatable bonds is 7. The Morgan fingerprint density at radius 1 is 1.23 bits per heavy atom. The molecule has 3 aliphatic rings. The van der Waals surface area contributed by atoms with Crippen LogP contribution in [-0.2, 0) is 39.2 Å². The molecule has 0 saturated carbocycles. The van der Waals surface area contributed by atoms with Crippen molar-refractivity contribution in [1.82, 2.24) is 14.9 Å². The van der Waals surface area contributed by atoms with Gasteiger partial charge in [0.05, 0.1) is 41.7 Å². The molecule has 3 N–H and O–H groups in total. The quantitative estimate of drug-likeness (QED) is 0.123. The van der Waals surface area contributed by atoms with Gasteiger partial charge in [0.1, 0.15) is 12.4 Å². The standard InChI is InChI=1S/C35H32FN4O6P/c1-5-35(44)24-14-28-31-22(16-40(28)33(42)23(24)17-45-34(35)43)30-26(13-12-21-18(4)25(36)15-27(37-31)29(21)30)38-32(41)19-8-10-20(11-9-19)39-47(7-3)46-6-2/h3,8-11,14-15,26,39,44H,5-6,12-13,16-17H2,1-2,4H3,(H,38,41). The van der Waals surface area contributed by atoms with Crippen molar-refractivity contribution in [2.24, 2.45) is 0 Å². The van der Waals surface area contributed by atoms with Crippen molar-refractivity contribution < 1.29 is 28.3 Å². The number of halogens is 1. The highest BCUT2D eigenvalue weighted by Crippen LogP contribution is 2.46. The van der Waals surface area contributed by atoms with E-state index >= 15 is 4.39 Å². The summed E-state index contributed by atoms with van der Waals surface area (Å²) >= 11 is 0. The summed E-state index contributed by atoms with van der Waals surface area (Å²) in [5.74, 6) is -1.49. The molecule has 4 heterocycles. The number of ether oxygens (including phenoxy) is 1. The number of aliphatic hydroxyl groups is 1. The van der Waals surface area contributed by atoms with Gasteiger partial charge in [-0.25, -0.2) is 14.2 Å². The van der Waals surface area contributed by atoms with E-state index in [1.807, 2.05) is 6.92 Å². The average molecular weight is 655 g/mol. The monoisotopic (exact) mass is 654 g/mol. The van der Waals surface area contributed by atoms with Crippen LogP contribution in [0.4, 0.5) is 10.1 Å². The van der Waals surface area contributed by atoms with Crippen LogP contribution in [0.15, 0.2) is 41.2 Å². The highest BCUT2D eigenvalue weighted by atomic mass is 31.2. The lowest BCUT2D eigenvalue weighted by molar-refractivity contribution is -0.172. The van der Waals surface area contributed by atoms with Crippen LogP contribution in [0.25, 0.3) is 22.3 Å². The number of nitrogens with zero attached hydrogens (tertiary/aromatic N) is 2. The van der Waals surface area contributed by atoms with Crippen molar-refractivity contribution >= 4 is 36.8 Å². The van der Waals surface area contributed by atoms with Gasteiger partial charge in [-0.2, -0.15) is 0 Å². The Hall–Kier alpha value is -4.62. The second-order valence-corrected chi connectivity index (χ2v) is 13.2. The summed E-state index contributed by atoms with van der Waals surface area (Å²) in [7, 11) is -1.28. The molecule has 0 radical (unpaired) electrons. The Kier molecular flexibility index (Phi) is 7.63. The van der Waals surface area contributed by atoms with E-state index in [-0.39, 0.29) is 42.4 Å². The number of hydrogen-bond donors (Lipinski definition) is 3. The fourth-order valence-corrected chi connectivity index (χ4v) is 7.83. The first-order chi connectivity index (χ1) is 22.6. The molecule has 47 heavy (non-hydrogen) atoms. The highest BCUT2D eigenvalue weighted by molar-refractivity contribution is 7.59. The van der Waals surface area contributed by atoms with Gasteiger partial charge >= 0.3 is 5.97 Å². The maximum absolute atomic E-state index is 15.2. The van der Waals surface area contributed by atoms with E-state index in [0.29, 0.717) is 47.5 Å². The van der Waals surface area contributed by atoms with Gasteiger partial charge in [-0.15, -0.1) is 6.42 Å². The lowest BCUT2D eigenvalue weighted by Gasteiger charge is -2.31. The number of amides is 1. The van der Waals surface area contributed by atoms with Gasteiger partial charge in [-0.1, -0.05) is 6.92 Å². The van der Waals surface area contributed by atoms with Crippen LogP contribution in [-0.4, -0.2) is 33.1 Å². The van der Waals surface area contributed by atoms with Gasteiger partial charge in [0.15, 0.2) is 5.60 Å². The average Bonchev–Trinajstić information content (AvgIpc) is 3.44. The van der Waals surface area contributed by atoms with Crippen molar-refractivity contribution in [2.45, 2.75) is 64.8 Å². The molecule has 4 aromatic rings. The SMILES string of the molecule is C#CP(Nc1ccc(C(=O)NC2CCc3c(C)c(F)cc4nc5c(c2c34)Cn2c-5cc3c(c2=O)COC(=O)C3(O)CC)cc1)OCC. The first-order valence-corrected chi connectivity index (χ1v) is 16.7. The number of carbonyl (C=O) groups excluding carboxylic acids is 2. The smallest absolute Gasteiger partial charge is 0.343 e. The zero-order valence-corrected chi connectivity index (χ0v) is 27.0. The van der Waals surface area contributed by atoms with Crippen LogP contribution in [0.2, 0.25) is 0 Å². The molecule has 0 saturated heterocycles. The van der Waals surface area contributed by atoms with Crippen molar-refractivity contribution in [3.05, 3.63) is 91.5 Å². The molecule has 3 unspecified atom stereocenters. The number of terminal acetylenes is 1. The third kappa shape index (κ3) is 4.82. The Morgan fingerprint density at radius 3 is 2.70 bits per heavy atom. The van der Waals surface area contributed by atoms with Crippen LogP contribution in [0.3, 0.4) is 0 Å². The molecular weight excluding hydrogens is 622 g/mol. The number of fused-ring (bicyclic) bond motifs is 5.